The number of unbranched alkanes of at least 4 members (excludes halogenated alkanes) is 1. The van der Waals surface area contributed by atoms with Crippen LogP contribution >= 0.6 is 0 Å². The maximum Gasteiger partial charge on any atom is 0.0166 e. The molecule has 0 amide bonds. The molecule has 3 N–H and O–H groups in total. The highest BCUT2D eigenvalue weighted by atomic mass is 14.9. The molecule has 0 spiro atoms. The van der Waals surface area contributed by atoms with Crippen molar-refractivity contribution in [2.75, 3.05) is 6.54 Å². The molecule has 2 heteroatoms. The maximum atomic E-state index is 6.31. The van der Waals surface area contributed by atoms with Crippen molar-refractivity contribution in [1.29, 1.82) is 0 Å². The Hall–Kier alpha value is -0.0800. The van der Waals surface area contributed by atoms with Crippen LogP contribution in [-0.2, 0) is 0 Å². The second-order valence-corrected chi connectivity index (χ2v) is 5.32. The molecule has 1 atom stereocenters. The number of hydrogen-bond acceptors (Lipinski definition) is 2. The van der Waals surface area contributed by atoms with Gasteiger partial charge in [0.15, 0.2) is 0 Å². The summed E-state index contributed by atoms with van der Waals surface area (Å²) in [6.07, 6.45) is 10.2. The third-order valence-electron chi connectivity index (χ3n) is 3.71. The molecule has 0 aromatic heterocycles. The van der Waals surface area contributed by atoms with E-state index in [-0.39, 0.29) is 5.54 Å². The first-order valence-corrected chi connectivity index (χ1v) is 6.68. The fourth-order valence-electron chi connectivity index (χ4n) is 2.51. The fraction of sp³-hybridized carbons (Fsp3) is 1.00. The zero-order chi connectivity index (χ0) is 11.1. The molecule has 0 radical (unpaired) electrons. The Kier molecular flexibility index (Phi) is 5.62. The molecule has 0 bridgehead atoms. The summed E-state index contributed by atoms with van der Waals surface area (Å²) in [6.45, 7) is 5.63. The third-order valence-corrected chi connectivity index (χ3v) is 3.71. The van der Waals surface area contributed by atoms with Crippen LogP contribution in [0.1, 0.15) is 65.2 Å². The van der Waals surface area contributed by atoms with E-state index in [0.717, 1.165) is 13.0 Å². The maximum absolute atomic E-state index is 6.31. The first-order valence-electron chi connectivity index (χ1n) is 6.68. The second kappa shape index (κ2) is 6.49. The van der Waals surface area contributed by atoms with Gasteiger partial charge in [-0.05, 0) is 39.2 Å². The van der Waals surface area contributed by atoms with Crippen LogP contribution in [-0.4, -0.2) is 18.1 Å². The van der Waals surface area contributed by atoms with Crippen LogP contribution in [0.25, 0.3) is 0 Å². The summed E-state index contributed by atoms with van der Waals surface area (Å²) in [5.41, 5.74) is 6.47. The van der Waals surface area contributed by atoms with E-state index in [4.69, 9.17) is 5.73 Å². The summed E-state index contributed by atoms with van der Waals surface area (Å²) >= 11 is 0. The molecule has 1 aliphatic carbocycles. The second-order valence-electron chi connectivity index (χ2n) is 5.32. The van der Waals surface area contributed by atoms with Crippen molar-refractivity contribution in [2.45, 2.75) is 76.8 Å². The van der Waals surface area contributed by atoms with Gasteiger partial charge in [-0.15, -0.1) is 0 Å². The minimum Gasteiger partial charge on any atom is -0.325 e. The predicted octanol–water partition coefficient (Wildman–Crippen LogP) is 2.82. The van der Waals surface area contributed by atoms with E-state index < -0.39 is 0 Å². The smallest absolute Gasteiger partial charge is 0.0166 e. The third kappa shape index (κ3) is 4.98. The van der Waals surface area contributed by atoms with E-state index in [0.29, 0.717) is 6.04 Å². The van der Waals surface area contributed by atoms with Crippen LogP contribution in [0.3, 0.4) is 0 Å². The van der Waals surface area contributed by atoms with Crippen molar-refractivity contribution < 1.29 is 0 Å². The molecule has 0 saturated heterocycles. The molecule has 90 valence electrons. The van der Waals surface area contributed by atoms with E-state index in [1.54, 1.807) is 0 Å². The Morgan fingerprint density at radius 2 is 2.00 bits per heavy atom. The minimum absolute atomic E-state index is 0.164. The molecule has 1 saturated carbocycles. The van der Waals surface area contributed by atoms with Gasteiger partial charge in [-0.25, -0.2) is 0 Å². The Balaban J connectivity index is 2.04. The van der Waals surface area contributed by atoms with Crippen LogP contribution < -0.4 is 11.1 Å². The van der Waals surface area contributed by atoms with Crippen molar-refractivity contribution in [3.05, 3.63) is 0 Å². The summed E-state index contributed by atoms with van der Waals surface area (Å²) in [7, 11) is 0. The van der Waals surface area contributed by atoms with E-state index in [1.807, 2.05) is 0 Å². The zero-order valence-electron chi connectivity index (χ0n) is 10.5. The van der Waals surface area contributed by atoms with Gasteiger partial charge in [0, 0.05) is 11.6 Å². The van der Waals surface area contributed by atoms with Crippen molar-refractivity contribution in [2.24, 2.45) is 5.73 Å². The lowest BCUT2D eigenvalue weighted by molar-refractivity contribution is 0.376. The Morgan fingerprint density at radius 3 is 2.60 bits per heavy atom. The topological polar surface area (TPSA) is 38.0 Å². The van der Waals surface area contributed by atoms with Gasteiger partial charge in [-0.3, -0.25) is 0 Å². The molecule has 0 aromatic carbocycles. The molecule has 0 heterocycles. The lowest BCUT2D eigenvalue weighted by Gasteiger charge is -2.24. The molecule has 1 fully saturated rings. The normalized spacial score (nSPS) is 21.8. The number of nitrogens with one attached hydrogen (secondary N) is 1. The molecule has 0 aromatic rings. The predicted molar refractivity (Wildman–Crippen MR) is 67.0 cm³/mol. The fourth-order valence-corrected chi connectivity index (χ4v) is 2.51. The van der Waals surface area contributed by atoms with E-state index in [1.165, 1.54) is 44.9 Å². The van der Waals surface area contributed by atoms with Gasteiger partial charge in [-0.2, -0.15) is 0 Å². The quantitative estimate of drug-likeness (QED) is 0.681. The van der Waals surface area contributed by atoms with Crippen molar-refractivity contribution in [1.82, 2.24) is 5.32 Å². The van der Waals surface area contributed by atoms with Crippen LogP contribution in [0.4, 0.5) is 0 Å². The van der Waals surface area contributed by atoms with Gasteiger partial charge in [0.2, 0.25) is 0 Å². The largest absolute Gasteiger partial charge is 0.325 e. The molecule has 1 unspecified atom stereocenters. The highest BCUT2D eigenvalue weighted by Gasteiger charge is 2.28. The minimum atomic E-state index is 0.164. The van der Waals surface area contributed by atoms with Crippen molar-refractivity contribution >= 4 is 0 Å². The standard InChI is InChI=1S/C13H28N2/c1-3-4-7-12(2)15-11-10-13(14)8-5-6-9-13/h12,15H,3-11,14H2,1-2H3. The van der Waals surface area contributed by atoms with Crippen LogP contribution in [0.5, 0.6) is 0 Å². The van der Waals surface area contributed by atoms with Gasteiger partial charge >= 0.3 is 0 Å². The molecular weight excluding hydrogens is 184 g/mol. The van der Waals surface area contributed by atoms with Gasteiger partial charge in [0.1, 0.15) is 0 Å². The van der Waals surface area contributed by atoms with Crippen LogP contribution in [0.2, 0.25) is 0 Å². The lowest BCUT2D eigenvalue weighted by Crippen LogP contribution is -2.40. The highest BCUT2D eigenvalue weighted by molar-refractivity contribution is 4.89. The summed E-state index contributed by atoms with van der Waals surface area (Å²) in [4.78, 5) is 0. The summed E-state index contributed by atoms with van der Waals surface area (Å²) in [5.74, 6) is 0. The zero-order valence-corrected chi connectivity index (χ0v) is 10.5. The highest BCUT2D eigenvalue weighted by Crippen LogP contribution is 2.29. The molecule has 15 heavy (non-hydrogen) atoms. The van der Waals surface area contributed by atoms with Gasteiger partial charge in [0.25, 0.3) is 0 Å². The van der Waals surface area contributed by atoms with E-state index in [2.05, 4.69) is 19.2 Å². The van der Waals surface area contributed by atoms with Gasteiger partial charge in [0.05, 0.1) is 0 Å². The monoisotopic (exact) mass is 212 g/mol. The summed E-state index contributed by atoms with van der Waals surface area (Å²) in [5, 5.41) is 3.59. The van der Waals surface area contributed by atoms with Crippen LogP contribution in [0, 0.1) is 0 Å². The average molecular weight is 212 g/mol. The molecule has 2 nitrogen and oxygen atoms in total. The Bertz CT molecular complexity index is 162. The van der Waals surface area contributed by atoms with E-state index >= 15 is 0 Å². The van der Waals surface area contributed by atoms with Crippen molar-refractivity contribution in [3.8, 4) is 0 Å². The average Bonchev–Trinajstić information content (AvgIpc) is 2.62. The number of nitrogens with two attached hydrogens (primary N) is 1. The first-order chi connectivity index (χ1) is 7.16. The number of hydrogen-bond donors (Lipinski definition) is 2. The Morgan fingerprint density at radius 1 is 1.33 bits per heavy atom. The van der Waals surface area contributed by atoms with Gasteiger partial charge in [-0.1, -0.05) is 32.6 Å². The van der Waals surface area contributed by atoms with Crippen molar-refractivity contribution in [3.63, 3.8) is 0 Å². The Labute approximate surface area is 95.0 Å². The van der Waals surface area contributed by atoms with Gasteiger partial charge < -0.3 is 11.1 Å². The molecular formula is C13H28N2. The van der Waals surface area contributed by atoms with E-state index in [9.17, 15) is 0 Å². The van der Waals surface area contributed by atoms with Crippen LogP contribution in [0.15, 0.2) is 0 Å². The molecule has 1 rings (SSSR count). The molecule has 0 aliphatic heterocycles. The lowest BCUT2D eigenvalue weighted by atomic mass is 9.94. The number of rotatable bonds is 7. The molecule has 1 aliphatic rings. The summed E-state index contributed by atoms with van der Waals surface area (Å²) < 4.78 is 0. The summed E-state index contributed by atoms with van der Waals surface area (Å²) in [6, 6.07) is 0.662. The first kappa shape index (κ1) is 13.0. The SMILES string of the molecule is CCCCC(C)NCCC1(N)CCCC1.